The molecule has 1 amide bonds. The van der Waals surface area contributed by atoms with Gasteiger partial charge < -0.3 is 30.7 Å². The summed E-state index contributed by atoms with van der Waals surface area (Å²) in [6.45, 7) is -0.429. The summed E-state index contributed by atoms with van der Waals surface area (Å²) in [6.07, 6.45) is 1.16. The lowest BCUT2D eigenvalue weighted by Gasteiger charge is -2.21. The Balaban J connectivity index is 1.81. The Kier molecular flexibility index (Phi) is 7.38. The number of hydrogen-bond donors (Lipinski definition) is 4. The first-order chi connectivity index (χ1) is 17.7. The van der Waals surface area contributed by atoms with E-state index in [1.807, 2.05) is 0 Å². The summed E-state index contributed by atoms with van der Waals surface area (Å²) < 4.78 is 11.8. The SMILES string of the molecule is Nc1ccc2c(c1)CCCOc1c(C(=O)NCC(=O)O)ccc(Cc3cccc(C(=O)O)c3)c1OC2=O. The summed E-state index contributed by atoms with van der Waals surface area (Å²) in [4.78, 5) is 48.5. The molecule has 0 aromatic heterocycles. The number of rotatable bonds is 6. The number of nitrogens with one attached hydrogen (secondary N) is 1. The largest absolute Gasteiger partial charge is 0.489 e. The molecule has 3 aromatic rings. The van der Waals surface area contributed by atoms with Gasteiger partial charge in [0, 0.05) is 17.7 Å². The van der Waals surface area contributed by atoms with Crippen molar-refractivity contribution in [2.75, 3.05) is 18.9 Å². The fraction of sp³-hybridized carbons (Fsp3) is 0.185. The molecule has 4 rings (SSSR count). The predicted molar refractivity (Wildman–Crippen MR) is 132 cm³/mol. The maximum absolute atomic E-state index is 13.3. The van der Waals surface area contributed by atoms with Crippen molar-refractivity contribution in [1.29, 1.82) is 0 Å². The predicted octanol–water partition coefficient (Wildman–Crippen LogP) is 2.92. The lowest BCUT2D eigenvalue weighted by molar-refractivity contribution is -0.135. The van der Waals surface area contributed by atoms with Crippen LogP contribution in [0.3, 0.4) is 0 Å². The summed E-state index contributed by atoms with van der Waals surface area (Å²) in [5.41, 5.74) is 8.62. The van der Waals surface area contributed by atoms with E-state index in [1.54, 1.807) is 36.4 Å². The van der Waals surface area contributed by atoms with Crippen LogP contribution in [0.1, 0.15) is 54.2 Å². The van der Waals surface area contributed by atoms with Gasteiger partial charge in [-0.25, -0.2) is 9.59 Å². The molecule has 0 aliphatic carbocycles. The van der Waals surface area contributed by atoms with Crippen molar-refractivity contribution in [3.8, 4) is 11.5 Å². The zero-order valence-electron chi connectivity index (χ0n) is 19.7. The first-order valence-corrected chi connectivity index (χ1v) is 11.4. The van der Waals surface area contributed by atoms with Crippen LogP contribution < -0.4 is 20.5 Å². The first kappa shape index (κ1) is 25.2. The standard InChI is InChI=1S/C27H24N2O8/c28-19-7-9-20-16(13-19)5-2-10-36-24-21(25(32)29-14-22(30)31)8-6-17(23(24)37-27(20)35)11-15-3-1-4-18(12-15)26(33)34/h1,3-4,6-9,12-13H,2,5,10-11,14,28H2,(H,29,32)(H,30,31)(H,33,34). The number of fused-ring (bicyclic) bond motifs is 2. The van der Waals surface area contributed by atoms with Crippen LogP contribution in [0.5, 0.6) is 11.5 Å². The number of carbonyl (C=O) groups is 4. The fourth-order valence-corrected chi connectivity index (χ4v) is 4.07. The third kappa shape index (κ3) is 5.87. The van der Waals surface area contributed by atoms with Gasteiger partial charge in [-0.3, -0.25) is 9.59 Å². The van der Waals surface area contributed by atoms with Crippen LogP contribution in [0.25, 0.3) is 0 Å². The normalized spacial score (nSPS) is 12.8. The molecule has 1 aliphatic heterocycles. The second kappa shape index (κ2) is 10.8. The van der Waals surface area contributed by atoms with E-state index in [-0.39, 0.29) is 35.7 Å². The number of nitrogen functional groups attached to an aromatic ring is 1. The highest BCUT2D eigenvalue weighted by Gasteiger charge is 2.26. The molecular formula is C27H24N2O8. The zero-order valence-corrected chi connectivity index (χ0v) is 19.7. The average Bonchev–Trinajstić information content (AvgIpc) is 2.86. The van der Waals surface area contributed by atoms with Crippen LogP contribution in [0.4, 0.5) is 5.69 Å². The Morgan fingerprint density at radius 1 is 1.00 bits per heavy atom. The molecule has 0 bridgehead atoms. The van der Waals surface area contributed by atoms with E-state index in [2.05, 4.69) is 5.32 Å². The number of anilines is 1. The third-order valence-corrected chi connectivity index (χ3v) is 5.79. The number of carboxylic acids is 2. The Morgan fingerprint density at radius 2 is 1.81 bits per heavy atom. The molecule has 0 atom stereocenters. The van der Waals surface area contributed by atoms with E-state index < -0.39 is 30.4 Å². The molecule has 0 unspecified atom stereocenters. The summed E-state index contributed by atoms with van der Waals surface area (Å²) in [5, 5.41) is 20.6. The van der Waals surface area contributed by atoms with Crippen molar-refractivity contribution in [3.63, 3.8) is 0 Å². The van der Waals surface area contributed by atoms with Gasteiger partial charge in [0.2, 0.25) is 0 Å². The Hall–Kier alpha value is -4.86. The van der Waals surface area contributed by atoms with Gasteiger partial charge in [0.25, 0.3) is 5.91 Å². The lowest BCUT2D eigenvalue weighted by Crippen LogP contribution is -2.30. The summed E-state index contributed by atoms with van der Waals surface area (Å²) >= 11 is 0. The van der Waals surface area contributed by atoms with E-state index in [0.29, 0.717) is 40.8 Å². The maximum atomic E-state index is 13.3. The number of carboxylic acid groups (broad SMARTS) is 2. The molecule has 190 valence electrons. The van der Waals surface area contributed by atoms with Gasteiger partial charge in [0.1, 0.15) is 6.54 Å². The smallest absolute Gasteiger partial charge is 0.343 e. The molecule has 1 heterocycles. The van der Waals surface area contributed by atoms with Gasteiger partial charge in [-0.05, 0) is 60.4 Å². The topological polar surface area (TPSA) is 165 Å². The summed E-state index contributed by atoms with van der Waals surface area (Å²) in [6, 6.07) is 14.2. The van der Waals surface area contributed by atoms with Crippen LogP contribution in [-0.2, 0) is 17.6 Å². The van der Waals surface area contributed by atoms with E-state index in [1.165, 1.54) is 18.2 Å². The average molecular weight is 504 g/mol. The molecule has 3 aromatic carbocycles. The van der Waals surface area contributed by atoms with E-state index in [0.717, 1.165) is 0 Å². The number of esters is 1. The quantitative estimate of drug-likeness (QED) is 0.224. The number of amides is 1. The van der Waals surface area contributed by atoms with Crippen molar-refractivity contribution in [2.45, 2.75) is 19.3 Å². The molecule has 0 radical (unpaired) electrons. The number of carbonyl (C=O) groups excluding carboxylic acids is 2. The minimum absolute atomic E-state index is 0.00150. The molecule has 0 saturated carbocycles. The number of ether oxygens (including phenoxy) is 2. The van der Waals surface area contributed by atoms with Crippen LogP contribution in [0.2, 0.25) is 0 Å². The Bertz CT molecular complexity index is 1400. The van der Waals surface area contributed by atoms with E-state index in [4.69, 9.17) is 20.3 Å². The van der Waals surface area contributed by atoms with Gasteiger partial charge in [-0.15, -0.1) is 0 Å². The maximum Gasteiger partial charge on any atom is 0.343 e. The Morgan fingerprint density at radius 3 is 2.57 bits per heavy atom. The summed E-state index contributed by atoms with van der Waals surface area (Å²) in [7, 11) is 0. The van der Waals surface area contributed by atoms with Crippen molar-refractivity contribution >= 4 is 29.5 Å². The minimum Gasteiger partial charge on any atom is -0.489 e. The van der Waals surface area contributed by atoms with Gasteiger partial charge >= 0.3 is 17.9 Å². The number of aliphatic carboxylic acids is 1. The highest BCUT2D eigenvalue weighted by atomic mass is 16.6. The van der Waals surface area contributed by atoms with Crippen molar-refractivity contribution in [3.05, 3.63) is 88.0 Å². The summed E-state index contributed by atoms with van der Waals surface area (Å²) in [5.74, 6) is -3.69. The minimum atomic E-state index is -1.22. The van der Waals surface area contributed by atoms with Crippen LogP contribution in [0.15, 0.2) is 54.6 Å². The molecule has 5 N–H and O–H groups in total. The number of aryl methyl sites for hydroxylation is 1. The lowest BCUT2D eigenvalue weighted by atomic mass is 9.98. The van der Waals surface area contributed by atoms with Gasteiger partial charge in [-0.1, -0.05) is 18.2 Å². The highest BCUT2D eigenvalue weighted by molar-refractivity contribution is 6.00. The number of nitrogens with two attached hydrogens (primary N) is 1. The zero-order chi connectivity index (χ0) is 26.5. The first-order valence-electron chi connectivity index (χ1n) is 11.4. The molecule has 1 aliphatic rings. The van der Waals surface area contributed by atoms with Gasteiger partial charge in [0.05, 0.1) is 23.3 Å². The molecule has 10 heteroatoms. The fourth-order valence-electron chi connectivity index (χ4n) is 4.07. The van der Waals surface area contributed by atoms with E-state index >= 15 is 0 Å². The van der Waals surface area contributed by atoms with Crippen molar-refractivity contribution in [1.82, 2.24) is 5.32 Å². The second-order valence-electron chi connectivity index (χ2n) is 8.45. The Labute approximate surface area is 211 Å². The molecular weight excluding hydrogens is 480 g/mol. The molecule has 0 fully saturated rings. The molecule has 10 nitrogen and oxygen atoms in total. The molecule has 0 spiro atoms. The number of benzene rings is 3. The monoisotopic (exact) mass is 504 g/mol. The van der Waals surface area contributed by atoms with Crippen molar-refractivity contribution in [2.24, 2.45) is 0 Å². The molecule has 37 heavy (non-hydrogen) atoms. The van der Waals surface area contributed by atoms with Crippen molar-refractivity contribution < 1.29 is 38.9 Å². The van der Waals surface area contributed by atoms with E-state index in [9.17, 15) is 24.3 Å². The third-order valence-electron chi connectivity index (χ3n) is 5.79. The second-order valence-corrected chi connectivity index (χ2v) is 8.45. The van der Waals surface area contributed by atoms with Gasteiger partial charge in [0.15, 0.2) is 11.5 Å². The van der Waals surface area contributed by atoms with Crippen LogP contribution >= 0.6 is 0 Å². The number of hydrogen-bond acceptors (Lipinski definition) is 7. The highest BCUT2D eigenvalue weighted by Crippen LogP contribution is 2.38. The van der Waals surface area contributed by atoms with Crippen LogP contribution in [0, 0.1) is 0 Å². The van der Waals surface area contributed by atoms with Gasteiger partial charge in [-0.2, -0.15) is 0 Å². The molecule has 0 saturated heterocycles. The van der Waals surface area contributed by atoms with Crippen LogP contribution in [-0.4, -0.2) is 47.2 Å². The number of aromatic carboxylic acids is 1.